The van der Waals surface area contributed by atoms with Crippen LogP contribution in [0, 0.1) is 6.92 Å². The molecule has 0 saturated heterocycles. The highest BCUT2D eigenvalue weighted by atomic mass is 16.1. The molecule has 1 amide bonds. The summed E-state index contributed by atoms with van der Waals surface area (Å²) < 4.78 is 0. The fourth-order valence-electron chi connectivity index (χ4n) is 0.713. The second-order valence-corrected chi connectivity index (χ2v) is 2.00. The van der Waals surface area contributed by atoms with Gasteiger partial charge in [-0.3, -0.25) is 9.78 Å². The molecule has 0 saturated carbocycles. The summed E-state index contributed by atoms with van der Waals surface area (Å²) in [5.41, 5.74) is 0.566. The molecular formula is C8H9N2O. The number of pyridine rings is 1. The van der Waals surface area contributed by atoms with E-state index in [2.05, 4.69) is 17.2 Å². The second-order valence-electron chi connectivity index (χ2n) is 2.00. The normalized spacial score (nSPS) is 9.18. The van der Waals surface area contributed by atoms with Gasteiger partial charge in [0.05, 0.1) is 5.56 Å². The Hall–Kier alpha value is -1.38. The molecule has 0 aliphatic rings. The Balaban J connectivity index is 2.69. The first-order chi connectivity index (χ1) is 5.34. The Bertz CT molecular complexity index is 233. The summed E-state index contributed by atoms with van der Waals surface area (Å²) in [4.78, 5) is 14.9. The van der Waals surface area contributed by atoms with Crippen molar-refractivity contribution in [2.45, 2.75) is 0 Å². The Morgan fingerprint density at radius 3 is 3.09 bits per heavy atom. The molecule has 1 rings (SSSR count). The molecular weight excluding hydrogens is 140 g/mol. The largest absolute Gasteiger partial charge is 0.352 e. The Labute approximate surface area is 65.5 Å². The van der Waals surface area contributed by atoms with Crippen LogP contribution < -0.4 is 5.32 Å². The number of carbonyl (C=O) groups excluding carboxylic acids is 1. The van der Waals surface area contributed by atoms with Gasteiger partial charge in [-0.1, -0.05) is 0 Å². The minimum Gasteiger partial charge on any atom is -0.352 e. The third-order valence-corrected chi connectivity index (χ3v) is 1.21. The smallest absolute Gasteiger partial charge is 0.252 e. The maximum Gasteiger partial charge on any atom is 0.252 e. The summed E-state index contributed by atoms with van der Waals surface area (Å²) in [5, 5.41) is 2.57. The predicted octanol–water partition coefficient (Wildman–Crippen LogP) is 0.645. The van der Waals surface area contributed by atoms with Crippen molar-refractivity contribution in [2.24, 2.45) is 0 Å². The third kappa shape index (κ3) is 2.04. The van der Waals surface area contributed by atoms with E-state index in [0.29, 0.717) is 12.1 Å². The number of hydrogen-bond acceptors (Lipinski definition) is 2. The maximum absolute atomic E-state index is 11.1. The van der Waals surface area contributed by atoms with Crippen molar-refractivity contribution in [1.29, 1.82) is 0 Å². The lowest BCUT2D eigenvalue weighted by molar-refractivity contribution is 0.0957. The lowest BCUT2D eigenvalue weighted by Crippen LogP contribution is -2.22. The predicted molar refractivity (Wildman–Crippen MR) is 41.9 cm³/mol. The van der Waals surface area contributed by atoms with Crippen LogP contribution in [0.25, 0.3) is 0 Å². The van der Waals surface area contributed by atoms with E-state index in [9.17, 15) is 4.79 Å². The van der Waals surface area contributed by atoms with Crippen molar-refractivity contribution in [3.8, 4) is 0 Å². The van der Waals surface area contributed by atoms with E-state index in [4.69, 9.17) is 0 Å². The van der Waals surface area contributed by atoms with Crippen molar-refractivity contribution in [3.05, 3.63) is 37.0 Å². The molecule has 0 bridgehead atoms. The number of amides is 1. The molecule has 0 spiro atoms. The Morgan fingerprint density at radius 2 is 2.55 bits per heavy atom. The molecule has 0 aliphatic heterocycles. The van der Waals surface area contributed by atoms with Crippen molar-refractivity contribution >= 4 is 5.91 Å². The summed E-state index contributed by atoms with van der Waals surface area (Å²) in [7, 11) is 0. The molecule has 0 unspecified atom stereocenters. The van der Waals surface area contributed by atoms with Gasteiger partial charge in [0.25, 0.3) is 5.91 Å². The Morgan fingerprint density at radius 1 is 1.73 bits per heavy atom. The average Bonchev–Trinajstić information content (AvgIpc) is 2.07. The first kappa shape index (κ1) is 7.72. The van der Waals surface area contributed by atoms with Gasteiger partial charge in [0.1, 0.15) is 0 Å². The number of hydrogen-bond donors (Lipinski definition) is 1. The van der Waals surface area contributed by atoms with Crippen LogP contribution in [0.3, 0.4) is 0 Å². The van der Waals surface area contributed by atoms with Gasteiger partial charge in [-0.05, 0) is 19.1 Å². The second kappa shape index (κ2) is 3.71. The van der Waals surface area contributed by atoms with Gasteiger partial charge in [-0.2, -0.15) is 0 Å². The SMILES string of the molecule is [CH2]CNC(=O)c1cccnc1. The highest BCUT2D eigenvalue weighted by molar-refractivity contribution is 5.93. The van der Waals surface area contributed by atoms with Gasteiger partial charge < -0.3 is 5.32 Å². The van der Waals surface area contributed by atoms with Gasteiger partial charge in [0.2, 0.25) is 0 Å². The summed E-state index contributed by atoms with van der Waals surface area (Å²) in [6.45, 7) is 3.90. The number of carbonyl (C=O) groups is 1. The first-order valence-electron chi connectivity index (χ1n) is 3.32. The number of nitrogens with one attached hydrogen (secondary N) is 1. The van der Waals surface area contributed by atoms with Gasteiger partial charge in [0.15, 0.2) is 0 Å². The van der Waals surface area contributed by atoms with E-state index in [0.717, 1.165) is 0 Å². The van der Waals surface area contributed by atoms with E-state index in [1.165, 1.54) is 6.20 Å². The van der Waals surface area contributed by atoms with Crippen molar-refractivity contribution in [3.63, 3.8) is 0 Å². The standard InChI is InChI=1S/C8H9N2O/c1-2-10-8(11)7-4-3-5-9-6-7/h3-6H,1-2H2,(H,10,11). The van der Waals surface area contributed by atoms with E-state index in [-0.39, 0.29) is 5.91 Å². The van der Waals surface area contributed by atoms with Crippen LogP contribution >= 0.6 is 0 Å². The van der Waals surface area contributed by atoms with Crippen molar-refractivity contribution in [1.82, 2.24) is 10.3 Å². The fourth-order valence-corrected chi connectivity index (χ4v) is 0.713. The first-order valence-corrected chi connectivity index (χ1v) is 3.32. The molecule has 57 valence electrons. The molecule has 1 heterocycles. The van der Waals surface area contributed by atoms with Crippen LogP contribution in [0.4, 0.5) is 0 Å². The zero-order valence-corrected chi connectivity index (χ0v) is 6.08. The lowest BCUT2D eigenvalue weighted by Gasteiger charge is -1.99. The minimum absolute atomic E-state index is 0.131. The van der Waals surface area contributed by atoms with E-state index < -0.39 is 0 Å². The molecule has 1 aromatic rings. The van der Waals surface area contributed by atoms with E-state index in [1.54, 1.807) is 18.3 Å². The van der Waals surface area contributed by atoms with Gasteiger partial charge in [-0.15, -0.1) is 0 Å². The third-order valence-electron chi connectivity index (χ3n) is 1.21. The molecule has 3 nitrogen and oxygen atoms in total. The van der Waals surface area contributed by atoms with E-state index >= 15 is 0 Å². The van der Waals surface area contributed by atoms with E-state index in [1.807, 2.05) is 0 Å². The number of rotatable bonds is 2. The molecule has 0 aliphatic carbocycles. The number of nitrogens with zero attached hydrogens (tertiary/aromatic N) is 1. The highest BCUT2D eigenvalue weighted by Crippen LogP contribution is 1.93. The molecule has 3 heteroatoms. The van der Waals surface area contributed by atoms with Crippen molar-refractivity contribution in [2.75, 3.05) is 6.54 Å². The minimum atomic E-state index is -0.131. The molecule has 1 aromatic heterocycles. The topological polar surface area (TPSA) is 42.0 Å². The van der Waals surface area contributed by atoms with Gasteiger partial charge in [-0.25, -0.2) is 0 Å². The zero-order valence-electron chi connectivity index (χ0n) is 6.08. The summed E-state index contributed by atoms with van der Waals surface area (Å²) in [6.07, 6.45) is 3.14. The Kier molecular flexibility index (Phi) is 2.60. The monoisotopic (exact) mass is 149 g/mol. The summed E-state index contributed by atoms with van der Waals surface area (Å²) in [6, 6.07) is 3.43. The lowest BCUT2D eigenvalue weighted by atomic mass is 10.3. The average molecular weight is 149 g/mol. The molecule has 0 atom stereocenters. The van der Waals surface area contributed by atoms with Gasteiger partial charge >= 0.3 is 0 Å². The highest BCUT2D eigenvalue weighted by Gasteiger charge is 2.00. The zero-order chi connectivity index (χ0) is 8.10. The summed E-state index contributed by atoms with van der Waals surface area (Å²) in [5.74, 6) is -0.131. The van der Waals surface area contributed by atoms with Crippen LogP contribution in [0.1, 0.15) is 10.4 Å². The molecule has 11 heavy (non-hydrogen) atoms. The molecule has 1 radical (unpaired) electrons. The maximum atomic E-state index is 11.1. The van der Waals surface area contributed by atoms with Crippen LogP contribution in [0.5, 0.6) is 0 Å². The molecule has 0 aromatic carbocycles. The molecule has 1 N–H and O–H groups in total. The molecule has 0 fully saturated rings. The van der Waals surface area contributed by atoms with Crippen LogP contribution in [-0.4, -0.2) is 17.4 Å². The number of aromatic nitrogens is 1. The quantitative estimate of drug-likeness (QED) is 0.670. The van der Waals surface area contributed by atoms with Crippen molar-refractivity contribution < 1.29 is 4.79 Å². The summed E-state index contributed by atoms with van der Waals surface area (Å²) >= 11 is 0. The van der Waals surface area contributed by atoms with Crippen LogP contribution in [-0.2, 0) is 0 Å². The fraction of sp³-hybridized carbons (Fsp3) is 0.125. The van der Waals surface area contributed by atoms with Gasteiger partial charge in [0, 0.05) is 18.9 Å². The van der Waals surface area contributed by atoms with Crippen LogP contribution in [0.15, 0.2) is 24.5 Å². The van der Waals surface area contributed by atoms with Crippen LogP contribution in [0.2, 0.25) is 0 Å².